The highest BCUT2D eigenvalue weighted by Gasteiger charge is 2.19. The first kappa shape index (κ1) is 18.4. The number of aryl methyl sites for hydroxylation is 2. The summed E-state index contributed by atoms with van der Waals surface area (Å²) >= 11 is 1.60. The van der Waals surface area contributed by atoms with Crippen LogP contribution in [0.1, 0.15) is 35.3 Å². The van der Waals surface area contributed by atoms with Crippen molar-refractivity contribution >= 4 is 33.7 Å². The SMILES string of the molecule is O=C(Cn1cnc2sc3c(c2c1=O)CCCCC3)N/N=C/c1cccc(O)c1. The van der Waals surface area contributed by atoms with Crippen LogP contribution in [0.5, 0.6) is 5.75 Å². The normalized spacial score (nSPS) is 14.1. The maximum absolute atomic E-state index is 12.9. The van der Waals surface area contributed by atoms with Gasteiger partial charge in [-0.1, -0.05) is 18.6 Å². The van der Waals surface area contributed by atoms with Crippen molar-refractivity contribution in [1.82, 2.24) is 15.0 Å². The molecule has 4 rings (SSSR count). The molecule has 2 heterocycles. The Hall–Kier alpha value is -3.00. The lowest BCUT2D eigenvalue weighted by Crippen LogP contribution is -2.30. The molecule has 3 aromatic rings. The fraction of sp³-hybridized carbons (Fsp3) is 0.300. The first-order chi connectivity index (χ1) is 13.6. The molecular weight excluding hydrogens is 376 g/mol. The Morgan fingerprint density at radius 3 is 3.04 bits per heavy atom. The highest BCUT2D eigenvalue weighted by molar-refractivity contribution is 7.18. The molecule has 1 aliphatic carbocycles. The molecule has 0 fully saturated rings. The topological polar surface area (TPSA) is 96.6 Å². The summed E-state index contributed by atoms with van der Waals surface area (Å²) < 4.78 is 1.33. The number of nitrogens with zero attached hydrogens (tertiary/aromatic N) is 3. The highest BCUT2D eigenvalue weighted by atomic mass is 32.1. The van der Waals surface area contributed by atoms with Gasteiger partial charge in [0.2, 0.25) is 0 Å². The predicted molar refractivity (Wildman–Crippen MR) is 109 cm³/mol. The molecule has 144 valence electrons. The Morgan fingerprint density at radius 2 is 2.18 bits per heavy atom. The van der Waals surface area contributed by atoms with Gasteiger partial charge in [-0.15, -0.1) is 11.3 Å². The summed E-state index contributed by atoms with van der Waals surface area (Å²) in [4.78, 5) is 31.5. The number of hydrogen-bond donors (Lipinski definition) is 2. The third kappa shape index (κ3) is 3.82. The molecule has 2 aromatic heterocycles. The Labute approximate surface area is 165 Å². The van der Waals surface area contributed by atoms with Crippen molar-refractivity contribution in [1.29, 1.82) is 0 Å². The molecule has 0 radical (unpaired) electrons. The van der Waals surface area contributed by atoms with Crippen LogP contribution in [0.15, 0.2) is 40.5 Å². The molecule has 2 N–H and O–H groups in total. The fourth-order valence-electron chi connectivity index (χ4n) is 3.44. The zero-order valence-electron chi connectivity index (χ0n) is 15.2. The summed E-state index contributed by atoms with van der Waals surface area (Å²) in [6.07, 6.45) is 8.16. The number of phenols is 1. The van der Waals surface area contributed by atoms with Gasteiger partial charge in [-0.05, 0) is 48.9 Å². The highest BCUT2D eigenvalue weighted by Crippen LogP contribution is 2.32. The van der Waals surface area contributed by atoms with E-state index in [1.54, 1.807) is 29.5 Å². The third-order valence-electron chi connectivity index (χ3n) is 4.78. The number of hydrogen-bond acceptors (Lipinski definition) is 6. The summed E-state index contributed by atoms with van der Waals surface area (Å²) in [5.41, 5.74) is 4.01. The number of rotatable bonds is 4. The minimum absolute atomic E-state index is 0.121. The van der Waals surface area contributed by atoms with E-state index in [1.807, 2.05) is 0 Å². The molecule has 7 nitrogen and oxygen atoms in total. The Kier molecular flexibility index (Phi) is 5.21. The molecule has 0 atom stereocenters. The average Bonchev–Trinajstić information content (AvgIpc) is 2.86. The zero-order chi connectivity index (χ0) is 19.5. The quantitative estimate of drug-likeness (QED) is 0.402. The van der Waals surface area contributed by atoms with Crippen LogP contribution in [0.3, 0.4) is 0 Å². The largest absolute Gasteiger partial charge is 0.508 e. The van der Waals surface area contributed by atoms with Crippen LogP contribution in [0.25, 0.3) is 10.2 Å². The standard InChI is InChI=1S/C20H20N4O3S/c25-14-6-4-5-13(9-14)10-22-23-17(26)11-24-12-21-19-18(20(24)27)15-7-2-1-3-8-16(15)28-19/h4-6,9-10,12,25H,1-3,7-8,11H2,(H,23,26)/b22-10+. The monoisotopic (exact) mass is 396 g/mol. The van der Waals surface area contributed by atoms with Gasteiger partial charge in [-0.25, -0.2) is 10.4 Å². The number of amides is 1. The minimum Gasteiger partial charge on any atom is -0.508 e. The molecule has 1 aliphatic rings. The van der Waals surface area contributed by atoms with E-state index in [0.717, 1.165) is 36.1 Å². The van der Waals surface area contributed by atoms with Crippen LogP contribution in [-0.4, -0.2) is 26.8 Å². The van der Waals surface area contributed by atoms with E-state index in [1.165, 1.54) is 34.5 Å². The maximum Gasteiger partial charge on any atom is 0.262 e. The fourth-order valence-corrected chi connectivity index (χ4v) is 4.66. The summed E-state index contributed by atoms with van der Waals surface area (Å²) in [7, 11) is 0. The van der Waals surface area contributed by atoms with E-state index >= 15 is 0 Å². The van der Waals surface area contributed by atoms with Crippen molar-refractivity contribution in [2.75, 3.05) is 0 Å². The zero-order valence-corrected chi connectivity index (χ0v) is 16.0. The summed E-state index contributed by atoms with van der Waals surface area (Å²) in [6, 6.07) is 6.51. The molecule has 28 heavy (non-hydrogen) atoms. The number of fused-ring (bicyclic) bond motifs is 3. The second-order valence-electron chi connectivity index (χ2n) is 6.81. The van der Waals surface area contributed by atoms with Crippen molar-refractivity contribution in [3.8, 4) is 5.75 Å². The van der Waals surface area contributed by atoms with Gasteiger partial charge in [-0.2, -0.15) is 5.10 Å². The molecule has 0 aliphatic heterocycles. The van der Waals surface area contributed by atoms with Crippen molar-refractivity contribution < 1.29 is 9.90 Å². The van der Waals surface area contributed by atoms with Crippen molar-refractivity contribution in [2.24, 2.45) is 5.10 Å². The lowest BCUT2D eigenvalue weighted by molar-refractivity contribution is -0.121. The smallest absolute Gasteiger partial charge is 0.262 e. The second-order valence-corrected chi connectivity index (χ2v) is 7.89. The Bertz CT molecular complexity index is 1120. The second kappa shape index (κ2) is 7.93. The van der Waals surface area contributed by atoms with E-state index in [-0.39, 0.29) is 17.9 Å². The molecule has 0 saturated heterocycles. The summed E-state index contributed by atoms with van der Waals surface area (Å²) in [6.45, 7) is -0.149. The van der Waals surface area contributed by atoms with Gasteiger partial charge in [0.1, 0.15) is 17.1 Å². The predicted octanol–water partition coefficient (Wildman–Crippen LogP) is 2.58. The number of benzene rings is 1. The van der Waals surface area contributed by atoms with Gasteiger partial charge in [-0.3, -0.25) is 14.2 Å². The number of aromatic nitrogens is 2. The first-order valence-electron chi connectivity index (χ1n) is 9.22. The van der Waals surface area contributed by atoms with Crippen LogP contribution < -0.4 is 11.0 Å². The van der Waals surface area contributed by atoms with Crippen molar-refractivity contribution in [3.05, 3.63) is 57.0 Å². The summed E-state index contributed by atoms with van der Waals surface area (Å²) in [5, 5.41) is 14.0. The number of carbonyl (C=O) groups excluding carboxylic acids is 1. The lowest BCUT2D eigenvalue weighted by Gasteiger charge is -2.05. The minimum atomic E-state index is -0.416. The van der Waals surface area contributed by atoms with E-state index in [0.29, 0.717) is 10.9 Å². The molecule has 0 unspecified atom stereocenters. The maximum atomic E-state index is 12.9. The number of carbonyl (C=O) groups is 1. The van der Waals surface area contributed by atoms with E-state index in [4.69, 9.17) is 0 Å². The molecular formula is C20H20N4O3S. The molecule has 0 bridgehead atoms. The van der Waals surface area contributed by atoms with Gasteiger partial charge < -0.3 is 5.11 Å². The van der Waals surface area contributed by atoms with Gasteiger partial charge in [0.05, 0.1) is 17.9 Å². The van der Waals surface area contributed by atoms with Crippen LogP contribution in [0.4, 0.5) is 0 Å². The van der Waals surface area contributed by atoms with Gasteiger partial charge in [0.15, 0.2) is 0 Å². The summed E-state index contributed by atoms with van der Waals surface area (Å²) in [5.74, 6) is -0.294. The first-order valence-corrected chi connectivity index (χ1v) is 10.0. The number of nitrogens with one attached hydrogen (secondary N) is 1. The van der Waals surface area contributed by atoms with Crippen LogP contribution in [0.2, 0.25) is 0 Å². The molecule has 8 heteroatoms. The molecule has 0 spiro atoms. The molecule has 0 saturated carbocycles. The number of thiophene rings is 1. The van der Waals surface area contributed by atoms with Crippen LogP contribution in [0, 0.1) is 0 Å². The lowest BCUT2D eigenvalue weighted by atomic mass is 10.1. The number of phenolic OH excluding ortho intramolecular Hbond substituents is 1. The van der Waals surface area contributed by atoms with E-state index in [2.05, 4.69) is 15.5 Å². The third-order valence-corrected chi connectivity index (χ3v) is 5.98. The number of hydrazone groups is 1. The Morgan fingerprint density at radius 1 is 1.32 bits per heavy atom. The average molecular weight is 396 g/mol. The number of aromatic hydroxyl groups is 1. The van der Waals surface area contributed by atoms with E-state index in [9.17, 15) is 14.7 Å². The van der Waals surface area contributed by atoms with Crippen molar-refractivity contribution in [2.45, 2.75) is 38.6 Å². The Balaban J connectivity index is 1.51. The molecule has 1 aromatic carbocycles. The van der Waals surface area contributed by atoms with Gasteiger partial charge in [0.25, 0.3) is 11.5 Å². The van der Waals surface area contributed by atoms with Crippen LogP contribution >= 0.6 is 11.3 Å². The van der Waals surface area contributed by atoms with Gasteiger partial charge in [0, 0.05) is 4.88 Å². The van der Waals surface area contributed by atoms with E-state index < -0.39 is 5.91 Å². The molecule has 1 amide bonds. The van der Waals surface area contributed by atoms with Gasteiger partial charge >= 0.3 is 0 Å². The van der Waals surface area contributed by atoms with Crippen LogP contribution in [-0.2, 0) is 24.2 Å². The van der Waals surface area contributed by atoms with Crippen molar-refractivity contribution in [3.63, 3.8) is 0 Å².